The number of rotatable bonds is 1. The molecule has 0 saturated carbocycles. The van der Waals surface area contributed by atoms with Crippen molar-refractivity contribution in [3.8, 4) is 10.8 Å². The molecular weight excluding hydrogens is 335 g/mol. The molecule has 14 heavy (non-hydrogen) atoms. The predicted octanol–water partition coefficient (Wildman–Crippen LogP) is 2.79. The fourth-order valence-corrected chi connectivity index (χ4v) is 1.22. The molecule has 0 aliphatic rings. The van der Waals surface area contributed by atoms with Crippen molar-refractivity contribution >= 4 is 55.2 Å². The van der Waals surface area contributed by atoms with Gasteiger partial charge < -0.3 is 0 Å². The minimum Gasteiger partial charge on any atom is -0.300 e. The van der Waals surface area contributed by atoms with Gasteiger partial charge >= 0.3 is 5.91 Å². The van der Waals surface area contributed by atoms with E-state index in [1.807, 2.05) is 0 Å². The molecule has 1 rings (SSSR count). The molecule has 0 spiro atoms. The van der Waals surface area contributed by atoms with E-state index in [1.165, 1.54) is 12.3 Å². The number of anilines is 1. The second-order valence-corrected chi connectivity index (χ2v) is 3.82. The highest BCUT2D eigenvalue weighted by Crippen LogP contribution is 2.23. The van der Waals surface area contributed by atoms with Gasteiger partial charge in [-0.1, -0.05) is 11.6 Å². The molecule has 72 valence electrons. The molecule has 0 fully saturated rings. The number of hydrogen-bond acceptors (Lipinski definition) is 2. The van der Waals surface area contributed by atoms with Crippen LogP contribution >= 0.6 is 43.5 Å². The summed E-state index contributed by atoms with van der Waals surface area (Å²) in [6, 6.07) is 1.53. The highest BCUT2D eigenvalue weighted by molar-refractivity contribution is 9.12. The zero-order valence-electron chi connectivity index (χ0n) is 6.64. The summed E-state index contributed by atoms with van der Waals surface area (Å²) in [7, 11) is 0. The lowest BCUT2D eigenvalue weighted by atomic mass is 10.4. The van der Waals surface area contributed by atoms with Crippen LogP contribution in [0.25, 0.3) is 0 Å². The number of nitrogens with one attached hydrogen (secondary N) is 1. The lowest BCUT2D eigenvalue weighted by molar-refractivity contribution is -0.111. The van der Waals surface area contributed by atoms with Gasteiger partial charge in [-0.05, 0) is 20.8 Å². The minimum absolute atomic E-state index is 0.360. The molecule has 0 saturated heterocycles. The number of aromatic nitrogens is 1. The van der Waals surface area contributed by atoms with Gasteiger partial charge in [-0.3, -0.25) is 10.1 Å². The summed E-state index contributed by atoms with van der Waals surface area (Å²) in [4.78, 5) is 17.2. The Kier molecular flexibility index (Phi) is 4.39. The Balaban J connectivity index is 2.81. The summed E-state index contributed by atoms with van der Waals surface area (Å²) in [5.41, 5.74) is 0. The molecular formula is C8H3Br2ClN2O. The van der Waals surface area contributed by atoms with Crippen molar-refractivity contribution in [1.82, 2.24) is 4.98 Å². The normalized spacial score (nSPS) is 8.79. The summed E-state index contributed by atoms with van der Waals surface area (Å²) in [6.45, 7) is 0. The Labute approximate surface area is 102 Å². The van der Waals surface area contributed by atoms with E-state index in [9.17, 15) is 4.79 Å². The fourth-order valence-electron chi connectivity index (χ4n) is 0.673. The number of amides is 1. The molecule has 1 N–H and O–H groups in total. The van der Waals surface area contributed by atoms with Gasteiger partial charge in [0, 0.05) is 34.1 Å². The lowest BCUT2D eigenvalue weighted by Crippen LogP contribution is -2.09. The summed E-state index contributed by atoms with van der Waals surface area (Å²) in [6.07, 6.45) is 1.50. The summed E-state index contributed by atoms with van der Waals surface area (Å²) < 4.78 is 0.670. The first-order valence-corrected chi connectivity index (χ1v) is 5.33. The molecule has 1 heterocycles. The van der Waals surface area contributed by atoms with E-state index in [0.717, 1.165) is 0 Å². The maximum Gasteiger partial charge on any atom is 0.302 e. The number of carbonyl (C=O) groups is 1. The van der Waals surface area contributed by atoms with Crippen molar-refractivity contribution in [3.05, 3.63) is 21.8 Å². The minimum atomic E-state index is -0.451. The predicted molar refractivity (Wildman–Crippen MR) is 62.3 cm³/mol. The average molecular weight is 338 g/mol. The van der Waals surface area contributed by atoms with E-state index < -0.39 is 5.91 Å². The van der Waals surface area contributed by atoms with Crippen LogP contribution in [0.2, 0.25) is 5.02 Å². The van der Waals surface area contributed by atoms with E-state index in [0.29, 0.717) is 15.3 Å². The Morgan fingerprint density at radius 1 is 1.64 bits per heavy atom. The number of carbonyl (C=O) groups excluding carboxylic acids is 1. The Bertz CT molecular complexity index is 425. The van der Waals surface area contributed by atoms with Crippen LogP contribution in [0.15, 0.2) is 16.7 Å². The molecule has 0 bridgehead atoms. The highest BCUT2D eigenvalue weighted by Gasteiger charge is 2.02. The summed E-state index contributed by atoms with van der Waals surface area (Å²) in [5.74, 6) is 2.16. The van der Waals surface area contributed by atoms with Crippen LogP contribution < -0.4 is 5.32 Å². The molecule has 1 amide bonds. The Morgan fingerprint density at radius 3 is 2.93 bits per heavy atom. The van der Waals surface area contributed by atoms with Crippen LogP contribution in [0.3, 0.4) is 0 Å². The van der Waals surface area contributed by atoms with Gasteiger partial charge in [0.2, 0.25) is 0 Å². The van der Waals surface area contributed by atoms with Crippen molar-refractivity contribution in [2.75, 3.05) is 5.32 Å². The van der Waals surface area contributed by atoms with Gasteiger partial charge in [0.1, 0.15) is 5.82 Å². The monoisotopic (exact) mass is 336 g/mol. The van der Waals surface area contributed by atoms with Crippen LogP contribution in [-0.2, 0) is 4.79 Å². The van der Waals surface area contributed by atoms with Crippen LogP contribution in [0.5, 0.6) is 0 Å². The van der Waals surface area contributed by atoms with Crippen LogP contribution in [0.4, 0.5) is 5.82 Å². The third kappa shape index (κ3) is 3.29. The van der Waals surface area contributed by atoms with Crippen molar-refractivity contribution in [1.29, 1.82) is 0 Å². The van der Waals surface area contributed by atoms with Crippen LogP contribution in [-0.4, -0.2) is 10.9 Å². The van der Waals surface area contributed by atoms with Crippen molar-refractivity contribution in [2.24, 2.45) is 0 Å². The molecule has 0 aliphatic carbocycles. The van der Waals surface area contributed by atoms with Crippen LogP contribution in [0, 0.1) is 10.8 Å². The van der Waals surface area contributed by atoms with Gasteiger partial charge in [-0.15, -0.1) is 0 Å². The largest absolute Gasteiger partial charge is 0.302 e. The maximum absolute atomic E-state index is 11.0. The second kappa shape index (κ2) is 5.35. The van der Waals surface area contributed by atoms with Crippen molar-refractivity contribution in [2.45, 2.75) is 0 Å². The van der Waals surface area contributed by atoms with Gasteiger partial charge in [-0.2, -0.15) is 0 Å². The molecule has 0 aliphatic heterocycles. The number of nitrogens with zero attached hydrogens (tertiary/aromatic N) is 1. The lowest BCUT2D eigenvalue weighted by Gasteiger charge is -2.00. The van der Waals surface area contributed by atoms with Gasteiger partial charge in [0.25, 0.3) is 0 Å². The Morgan fingerprint density at radius 2 is 2.36 bits per heavy atom. The molecule has 1 aromatic rings. The Hall–Kier alpha value is -0.570. The number of hydrogen-bond donors (Lipinski definition) is 1. The van der Waals surface area contributed by atoms with E-state index in [2.05, 4.69) is 52.9 Å². The molecule has 3 nitrogen and oxygen atoms in total. The first-order chi connectivity index (χ1) is 6.63. The van der Waals surface area contributed by atoms with Crippen molar-refractivity contribution in [3.63, 3.8) is 0 Å². The van der Waals surface area contributed by atoms with Crippen molar-refractivity contribution < 1.29 is 4.79 Å². The third-order valence-electron chi connectivity index (χ3n) is 1.21. The molecule has 0 radical (unpaired) electrons. The molecule has 0 unspecified atom stereocenters. The highest BCUT2D eigenvalue weighted by atomic mass is 79.9. The van der Waals surface area contributed by atoms with Gasteiger partial charge in [0.15, 0.2) is 0 Å². The number of halogens is 3. The zero-order chi connectivity index (χ0) is 10.6. The first kappa shape index (κ1) is 11.5. The topological polar surface area (TPSA) is 42.0 Å². The average Bonchev–Trinajstić information content (AvgIpc) is 2.12. The smallest absolute Gasteiger partial charge is 0.300 e. The second-order valence-electron chi connectivity index (χ2n) is 2.16. The van der Waals surface area contributed by atoms with E-state index in [-0.39, 0.29) is 0 Å². The van der Waals surface area contributed by atoms with E-state index >= 15 is 0 Å². The maximum atomic E-state index is 11.0. The number of pyridine rings is 1. The van der Waals surface area contributed by atoms with Gasteiger partial charge in [0.05, 0.1) is 9.50 Å². The zero-order valence-corrected chi connectivity index (χ0v) is 10.6. The first-order valence-electron chi connectivity index (χ1n) is 3.37. The fraction of sp³-hybridized carbons (Fsp3) is 0. The van der Waals surface area contributed by atoms with E-state index in [4.69, 9.17) is 11.6 Å². The van der Waals surface area contributed by atoms with E-state index in [1.54, 1.807) is 0 Å². The molecule has 0 aromatic carbocycles. The SMILES string of the molecule is O=C(C#CBr)Nc1cc(Cl)c(Br)cn1. The molecule has 6 heteroatoms. The summed E-state index contributed by atoms with van der Waals surface area (Å²) >= 11 is 11.8. The third-order valence-corrected chi connectivity index (χ3v) is 2.58. The summed E-state index contributed by atoms with van der Waals surface area (Å²) in [5, 5.41) is 2.93. The molecule has 1 aromatic heterocycles. The van der Waals surface area contributed by atoms with Crippen LogP contribution in [0.1, 0.15) is 0 Å². The molecule has 0 atom stereocenters. The van der Waals surface area contributed by atoms with Gasteiger partial charge in [-0.25, -0.2) is 4.98 Å². The standard InChI is InChI=1S/C8H3Br2ClN2O/c9-2-1-8(14)13-7-3-6(11)5(10)4-12-7/h3-4H,(H,12,13,14). The quantitative estimate of drug-likeness (QED) is 0.800.